The zero-order valence-corrected chi connectivity index (χ0v) is 12.6. The molecule has 0 fully saturated rings. The Bertz CT molecular complexity index is 654. The van der Waals surface area contributed by atoms with Gasteiger partial charge in [-0.2, -0.15) is 0 Å². The topological polar surface area (TPSA) is 70.2 Å². The lowest BCUT2D eigenvalue weighted by atomic mass is 10.1. The summed E-state index contributed by atoms with van der Waals surface area (Å²) in [5.74, 6) is -0.272. The molecule has 2 aromatic carbocycles. The zero-order valence-electron chi connectivity index (χ0n) is 12.6. The van der Waals surface area contributed by atoms with E-state index in [0.717, 1.165) is 0 Å². The monoisotopic (exact) mass is 297 g/mol. The van der Waals surface area contributed by atoms with Crippen LogP contribution in [-0.4, -0.2) is 18.0 Å². The number of rotatable bonds is 4. The molecule has 0 atom stereocenters. The molecule has 0 saturated heterocycles. The summed E-state index contributed by atoms with van der Waals surface area (Å²) < 4.78 is 0. The van der Waals surface area contributed by atoms with Gasteiger partial charge in [0.05, 0.1) is 11.3 Å². The molecule has 2 aromatic rings. The van der Waals surface area contributed by atoms with Crippen LogP contribution in [0.15, 0.2) is 54.6 Å². The van der Waals surface area contributed by atoms with Crippen LogP contribution in [0.5, 0.6) is 0 Å². The lowest BCUT2D eigenvalue weighted by Crippen LogP contribution is -2.34. The van der Waals surface area contributed by atoms with E-state index in [9.17, 15) is 9.59 Å². The fourth-order valence-electron chi connectivity index (χ4n) is 1.93. The first-order valence-corrected chi connectivity index (χ1v) is 7.09. The first-order valence-electron chi connectivity index (χ1n) is 7.09. The van der Waals surface area contributed by atoms with E-state index in [0.29, 0.717) is 16.9 Å². The second-order valence-electron chi connectivity index (χ2n) is 5.12. The second-order valence-corrected chi connectivity index (χ2v) is 5.12. The molecule has 0 spiro atoms. The average Bonchev–Trinajstić information content (AvgIpc) is 2.47. The number of carbonyl (C=O) groups excluding carboxylic acids is 2. The maximum Gasteiger partial charge on any atom is 0.319 e. The molecule has 0 aromatic heterocycles. The molecule has 22 heavy (non-hydrogen) atoms. The van der Waals surface area contributed by atoms with Gasteiger partial charge in [-0.15, -0.1) is 0 Å². The lowest BCUT2D eigenvalue weighted by molar-refractivity contribution is 0.102. The van der Waals surface area contributed by atoms with Gasteiger partial charge >= 0.3 is 6.03 Å². The quantitative estimate of drug-likeness (QED) is 0.808. The van der Waals surface area contributed by atoms with Crippen molar-refractivity contribution in [1.29, 1.82) is 0 Å². The Morgan fingerprint density at radius 3 is 2.18 bits per heavy atom. The number of anilines is 2. The van der Waals surface area contributed by atoms with Crippen molar-refractivity contribution in [3.8, 4) is 0 Å². The summed E-state index contributed by atoms with van der Waals surface area (Å²) in [4.78, 5) is 24.2. The van der Waals surface area contributed by atoms with Gasteiger partial charge in [0.1, 0.15) is 0 Å². The number of para-hydroxylation sites is 2. The van der Waals surface area contributed by atoms with Crippen LogP contribution >= 0.6 is 0 Å². The van der Waals surface area contributed by atoms with E-state index >= 15 is 0 Å². The predicted molar refractivity (Wildman–Crippen MR) is 88.1 cm³/mol. The van der Waals surface area contributed by atoms with Crippen LogP contribution in [0.25, 0.3) is 0 Å². The minimum absolute atomic E-state index is 0.0188. The van der Waals surface area contributed by atoms with Crippen molar-refractivity contribution in [2.45, 2.75) is 19.9 Å². The van der Waals surface area contributed by atoms with Gasteiger partial charge in [0.2, 0.25) is 0 Å². The number of carbonyl (C=O) groups is 2. The highest BCUT2D eigenvalue weighted by molar-refractivity contribution is 6.09. The van der Waals surface area contributed by atoms with Gasteiger partial charge in [-0.3, -0.25) is 4.79 Å². The maximum absolute atomic E-state index is 12.4. The number of hydrogen-bond acceptors (Lipinski definition) is 2. The van der Waals surface area contributed by atoms with Crippen molar-refractivity contribution in [3.05, 3.63) is 60.2 Å². The zero-order chi connectivity index (χ0) is 15.9. The van der Waals surface area contributed by atoms with E-state index in [1.165, 1.54) is 0 Å². The summed E-state index contributed by atoms with van der Waals surface area (Å²) >= 11 is 0. The molecule has 2 rings (SSSR count). The van der Waals surface area contributed by atoms with Gasteiger partial charge in [-0.25, -0.2) is 4.79 Å². The minimum Gasteiger partial charge on any atom is -0.336 e. The fraction of sp³-hybridized carbons (Fsp3) is 0.176. The molecule has 0 radical (unpaired) electrons. The van der Waals surface area contributed by atoms with Gasteiger partial charge < -0.3 is 16.0 Å². The van der Waals surface area contributed by atoms with Crippen LogP contribution < -0.4 is 16.0 Å². The standard InChI is InChI=1S/C17H19N3O2/c1-12(2)18-17(22)20-15-11-7-6-10-14(15)16(21)19-13-8-4-3-5-9-13/h3-12H,1-2H3,(H,19,21)(H2,18,20,22). The van der Waals surface area contributed by atoms with Crippen molar-refractivity contribution in [2.75, 3.05) is 10.6 Å². The van der Waals surface area contributed by atoms with Crippen LogP contribution in [-0.2, 0) is 0 Å². The summed E-state index contributed by atoms with van der Waals surface area (Å²) in [5, 5.41) is 8.22. The molecule has 0 heterocycles. The predicted octanol–water partition coefficient (Wildman–Crippen LogP) is 3.47. The number of urea groups is 1. The number of amides is 3. The number of benzene rings is 2. The molecule has 0 aliphatic rings. The van der Waals surface area contributed by atoms with Crippen LogP contribution in [0.3, 0.4) is 0 Å². The van der Waals surface area contributed by atoms with Gasteiger partial charge in [0.15, 0.2) is 0 Å². The molecular weight excluding hydrogens is 278 g/mol. The highest BCUT2D eigenvalue weighted by Crippen LogP contribution is 2.17. The Morgan fingerprint density at radius 2 is 1.50 bits per heavy atom. The normalized spacial score (nSPS) is 10.1. The molecule has 3 amide bonds. The Kier molecular flexibility index (Phi) is 5.14. The summed E-state index contributed by atoms with van der Waals surface area (Å²) in [6.07, 6.45) is 0. The number of nitrogens with one attached hydrogen (secondary N) is 3. The molecule has 0 aliphatic carbocycles. The second kappa shape index (κ2) is 7.26. The van der Waals surface area contributed by atoms with E-state index in [2.05, 4.69) is 16.0 Å². The molecule has 3 N–H and O–H groups in total. The van der Waals surface area contributed by atoms with Crippen LogP contribution in [0.1, 0.15) is 24.2 Å². The molecule has 0 saturated carbocycles. The minimum atomic E-state index is -0.338. The number of hydrogen-bond donors (Lipinski definition) is 3. The van der Waals surface area contributed by atoms with E-state index in [1.807, 2.05) is 32.0 Å². The fourth-order valence-corrected chi connectivity index (χ4v) is 1.93. The van der Waals surface area contributed by atoms with Gasteiger partial charge in [0.25, 0.3) is 5.91 Å². The summed E-state index contributed by atoms with van der Waals surface area (Å²) in [5.41, 5.74) is 1.58. The smallest absolute Gasteiger partial charge is 0.319 e. The summed E-state index contributed by atoms with van der Waals surface area (Å²) in [6, 6.07) is 15.7. The first kappa shape index (κ1) is 15.6. The van der Waals surface area contributed by atoms with Crippen LogP contribution in [0.4, 0.5) is 16.2 Å². The Morgan fingerprint density at radius 1 is 0.864 bits per heavy atom. The van der Waals surface area contributed by atoms with Crippen molar-refractivity contribution < 1.29 is 9.59 Å². The SMILES string of the molecule is CC(C)NC(=O)Nc1ccccc1C(=O)Nc1ccccc1. The van der Waals surface area contributed by atoms with E-state index < -0.39 is 0 Å². The highest BCUT2D eigenvalue weighted by atomic mass is 16.2. The largest absolute Gasteiger partial charge is 0.336 e. The molecule has 114 valence electrons. The van der Waals surface area contributed by atoms with Crippen molar-refractivity contribution in [1.82, 2.24) is 5.32 Å². The molecular formula is C17H19N3O2. The van der Waals surface area contributed by atoms with Crippen molar-refractivity contribution >= 4 is 23.3 Å². The Hall–Kier alpha value is -2.82. The third-order valence-electron chi connectivity index (χ3n) is 2.87. The van der Waals surface area contributed by atoms with E-state index in [1.54, 1.807) is 36.4 Å². The van der Waals surface area contributed by atoms with E-state index in [-0.39, 0.29) is 18.0 Å². The van der Waals surface area contributed by atoms with Crippen LogP contribution in [0.2, 0.25) is 0 Å². The molecule has 0 aliphatic heterocycles. The maximum atomic E-state index is 12.4. The third kappa shape index (κ3) is 4.34. The molecule has 5 heteroatoms. The summed E-state index contributed by atoms with van der Waals surface area (Å²) in [6.45, 7) is 3.74. The third-order valence-corrected chi connectivity index (χ3v) is 2.87. The molecule has 0 unspecified atom stereocenters. The molecule has 5 nitrogen and oxygen atoms in total. The van der Waals surface area contributed by atoms with Gasteiger partial charge in [-0.05, 0) is 38.1 Å². The lowest BCUT2D eigenvalue weighted by Gasteiger charge is -2.13. The Labute approximate surface area is 129 Å². The van der Waals surface area contributed by atoms with E-state index in [4.69, 9.17) is 0 Å². The highest BCUT2D eigenvalue weighted by Gasteiger charge is 2.13. The summed E-state index contributed by atoms with van der Waals surface area (Å²) in [7, 11) is 0. The van der Waals surface area contributed by atoms with Crippen molar-refractivity contribution in [2.24, 2.45) is 0 Å². The Balaban J connectivity index is 2.14. The average molecular weight is 297 g/mol. The van der Waals surface area contributed by atoms with Gasteiger partial charge in [0, 0.05) is 11.7 Å². The first-order chi connectivity index (χ1) is 10.6. The molecule has 0 bridgehead atoms. The van der Waals surface area contributed by atoms with Crippen molar-refractivity contribution in [3.63, 3.8) is 0 Å². The van der Waals surface area contributed by atoms with Gasteiger partial charge in [-0.1, -0.05) is 30.3 Å². The van der Waals surface area contributed by atoms with Crippen LogP contribution in [0, 0.1) is 0 Å².